The summed E-state index contributed by atoms with van der Waals surface area (Å²) in [7, 11) is 0. The van der Waals surface area contributed by atoms with Crippen molar-refractivity contribution < 1.29 is 4.79 Å². The monoisotopic (exact) mass is 233 g/mol. The number of likely N-dealkylation sites (tertiary alicyclic amines) is 1. The summed E-state index contributed by atoms with van der Waals surface area (Å²) in [5, 5.41) is 0. The molecule has 0 aliphatic carbocycles. The van der Waals surface area contributed by atoms with E-state index in [1.807, 2.05) is 24.0 Å². The number of aryl methyl sites for hydroxylation is 1. The van der Waals surface area contributed by atoms with Gasteiger partial charge in [-0.1, -0.05) is 6.07 Å². The van der Waals surface area contributed by atoms with E-state index in [4.69, 9.17) is 5.73 Å². The van der Waals surface area contributed by atoms with Crippen molar-refractivity contribution in [2.75, 3.05) is 19.6 Å². The van der Waals surface area contributed by atoms with E-state index < -0.39 is 0 Å². The second-order valence-electron chi connectivity index (χ2n) is 4.64. The number of pyridine rings is 1. The molecular formula is C13H19N3O. The predicted octanol–water partition coefficient (Wildman–Crippen LogP) is 1.20. The minimum atomic E-state index is 0.0542. The highest BCUT2D eigenvalue weighted by atomic mass is 16.2. The Morgan fingerprint density at radius 2 is 2.24 bits per heavy atom. The van der Waals surface area contributed by atoms with Gasteiger partial charge in [-0.3, -0.25) is 9.78 Å². The molecule has 17 heavy (non-hydrogen) atoms. The van der Waals surface area contributed by atoms with Crippen LogP contribution in [0, 0.1) is 12.8 Å². The smallest absolute Gasteiger partial charge is 0.272 e. The van der Waals surface area contributed by atoms with Crippen molar-refractivity contribution in [2.45, 2.75) is 19.8 Å². The molecule has 0 aromatic carbocycles. The Labute approximate surface area is 102 Å². The topological polar surface area (TPSA) is 59.2 Å². The summed E-state index contributed by atoms with van der Waals surface area (Å²) >= 11 is 0. The van der Waals surface area contributed by atoms with Gasteiger partial charge >= 0.3 is 0 Å². The van der Waals surface area contributed by atoms with Crippen molar-refractivity contribution in [1.82, 2.24) is 9.88 Å². The molecule has 4 nitrogen and oxygen atoms in total. The number of hydrogen-bond donors (Lipinski definition) is 1. The average molecular weight is 233 g/mol. The number of aromatic nitrogens is 1. The fourth-order valence-corrected chi connectivity index (χ4v) is 2.23. The first-order valence-corrected chi connectivity index (χ1v) is 6.13. The van der Waals surface area contributed by atoms with Crippen molar-refractivity contribution in [1.29, 1.82) is 0 Å². The van der Waals surface area contributed by atoms with Crippen LogP contribution in [0.15, 0.2) is 18.3 Å². The van der Waals surface area contributed by atoms with Gasteiger partial charge in [-0.2, -0.15) is 0 Å². The number of nitrogens with zero attached hydrogens (tertiary/aromatic N) is 2. The summed E-state index contributed by atoms with van der Waals surface area (Å²) in [6.45, 7) is 4.25. The minimum absolute atomic E-state index is 0.0542. The Morgan fingerprint density at radius 3 is 2.82 bits per heavy atom. The lowest BCUT2D eigenvalue weighted by Crippen LogP contribution is -2.40. The number of carbonyl (C=O) groups is 1. The molecule has 2 rings (SSSR count). The van der Waals surface area contributed by atoms with Gasteiger partial charge < -0.3 is 10.6 Å². The second kappa shape index (κ2) is 5.27. The van der Waals surface area contributed by atoms with Crippen LogP contribution in [-0.2, 0) is 0 Å². The molecule has 1 aromatic heterocycles. The van der Waals surface area contributed by atoms with E-state index in [2.05, 4.69) is 4.98 Å². The molecule has 0 radical (unpaired) electrons. The highest BCUT2D eigenvalue weighted by molar-refractivity contribution is 5.93. The fourth-order valence-electron chi connectivity index (χ4n) is 2.23. The number of hydrogen-bond acceptors (Lipinski definition) is 3. The van der Waals surface area contributed by atoms with E-state index in [1.54, 1.807) is 6.20 Å². The molecule has 2 N–H and O–H groups in total. The van der Waals surface area contributed by atoms with Crippen LogP contribution in [0.2, 0.25) is 0 Å². The van der Waals surface area contributed by atoms with Crippen molar-refractivity contribution in [3.63, 3.8) is 0 Å². The van der Waals surface area contributed by atoms with Gasteiger partial charge in [0.2, 0.25) is 0 Å². The summed E-state index contributed by atoms with van der Waals surface area (Å²) in [5.41, 5.74) is 7.17. The van der Waals surface area contributed by atoms with Gasteiger partial charge in [-0.15, -0.1) is 0 Å². The van der Waals surface area contributed by atoms with Gasteiger partial charge in [0, 0.05) is 19.3 Å². The van der Waals surface area contributed by atoms with E-state index in [1.165, 1.54) is 0 Å². The van der Waals surface area contributed by atoms with Gasteiger partial charge in [-0.25, -0.2) is 0 Å². The molecule has 1 amide bonds. The van der Waals surface area contributed by atoms with Crippen LogP contribution < -0.4 is 5.73 Å². The van der Waals surface area contributed by atoms with Crippen molar-refractivity contribution in [2.24, 2.45) is 11.7 Å². The zero-order valence-electron chi connectivity index (χ0n) is 10.2. The summed E-state index contributed by atoms with van der Waals surface area (Å²) in [4.78, 5) is 18.3. The number of amides is 1. The van der Waals surface area contributed by atoms with Crippen LogP contribution in [-0.4, -0.2) is 35.4 Å². The van der Waals surface area contributed by atoms with Crippen LogP contribution in [0.25, 0.3) is 0 Å². The lowest BCUT2D eigenvalue weighted by atomic mass is 9.97. The number of piperidine rings is 1. The molecule has 1 aliphatic heterocycles. The Bertz CT molecular complexity index is 397. The van der Waals surface area contributed by atoms with Crippen molar-refractivity contribution >= 4 is 5.91 Å². The summed E-state index contributed by atoms with van der Waals surface area (Å²) < 4.78 is 0. The largest absolute Gasteiger partial charge is 0.337 e. The molecule has 1 saturated heterocycles. The van der Waals surface area contributed by atoms with Crippen LogP contribution in [0.3, 0.4) is 0 Å². The molecule has 92 valence electrons. The quantitative estimate of drug-likeness (QED) is 0.835. The third kappa shape index (κ3) is 2.64. The van der Waals surface area contributed by atoms with E-state index in [-0.39, 0.29) is 5.91 Å². The summed E-state index contributed by atoms with van der Waals surface area (Å²) in [5.74, 6) is 0.627. The van der Waals surface area contributed by atoms with Gasteiger partial charge in [0.25, 0.3) is 5.91 Å². The minimum Gasteiger partial charge on any atom is -0.337 e. The van der Waals surface area contributed by atoms with E-state index in [0.29, 0.717) is 11.6 Å². The van der Waals surface area contributed by atoms with Gasteiger partial charge in [0.05, 0.1) is 0 Å². The van der Waals surface area contributed by atoms with Crippen molar-refractivity contribution in [3.8, 4) is 0 Å². The number of carbonyl (C=O) groups excluding carboxylic acids is 1. The molecule has 0 unspecified atom stereocenters. The zero-order chi connectivity index (χ0) is 12.3. The summed E-state index contributed by atoms with van der Waals surface area (Å²) in [6.07, 6.45) is 3.69. The first-order valence-electron chi connectivity index (χ1n) is 6.13. The zero-order valence-corrected chi connectivity index (χ0v) is 10.2. The average Bonchev–Trinajstić information content (AvgIpc) is 2.39. The lowest BCUT2D eigenvalue weighted by Gasteiger charge is -2.31. The van der Waals surface area contributed by atoms with Gasteiger partial charge in [0.15, 0.2) is 0 Å². The molecule has 0 atom stereocenters. The second-order valence-corrected chi connectivity index (χ2v) is 4.64. The molecule has 2 heterocycles. The standard InChI is InChI=1S/C13H19N3O/c1-10-3-2-6-15-12(10)13(17)16-7-4-11(9-14)5-8-16/h2-3,6,11H,4-5,7-9,14H2,1H3. The fraction of sp³-hybridized carbons (Fsp3) is 0.538. The molecular weight excluding hydrogens is 214 g/mol. The lowest BCUT2D eigenvalue weighted by molar-refractivity contribution is 0.0686. The number of nitrogens with two attached hydrogens (primary N) is 1. The Hall–Kier alpha value is -1.42. The highest BCUT2D eigenvalue weighted by Gasteiger charge is 2.24. The van der Waals surface area contributed by atoms with E-state index >= 15 is 0 Å². The molecule has 4 heteroatoms. The third-order valence-corrected chi connectivity index (χ3v) is 3.45. The van der Waals surface area contributed by atoms with Crippen LogP contribution in [0.4, 0.5) is 0 Å². The van der Waals surface area contributed by atoms with E-state index in [0.717, 1.165) is 38.0 Å². The normalized spacial score (nSPS) is 17.2. The first kappa shape index (κ1) is 12.0. The van der Waals surface area contributed by atoms with Crippen LogP contribution >= 0.6 is 0 Å². The maximum atomic E-state index is 12.2. The highest BCUT2D eigenvalue weighted by Crippen LogP contribution is 2.18. The third-order valence-electron chi connectivity index (χ3n) is 3.45. The van der Waals surface area contributed by atoms with Crippen LogP contribution in [0.5, 0.6) is 0 Å². The van der Waals surface area contributed by atoms with Crippen LogP contribution in [0.1, 0.15) is 28.9 Å². The summed E-state index contributed by atoms with van der Waals surface area (Å²) in [6, 6.07) is 3.78. The predicted molar refractivity (Wildman–Crippen MR) is 66.7 cm³/mol. The molecule has 1 fully saturated rings. The molecule has 1 aromatic rings. The van der Waals surface area contributed by atoms with Crippen molar-refractivity contribution in [3.05, 3.63) is 29.6 Å². The Balaban J connectivity index is 2.04. The van der Waals surface area contributed by atoms with Gasteiger partial charge in [-0.05, 0) is 43.9 Å². The molecule has 0 bridgehead atoms. The molecule has 0 spiro atoms. The van der Waals surface area contributed by atoms with Gasteiger partial charge in [0.1, 0.15) is 5.69 Å². The molecule has 0 saturated carbocycles. The van der Waals surface area contributed by atoms with E-state index in [9.17, 15) is 4.79 Å². The first-order chi connectivity index (χ1) is 8.22. The Morgan fingerprint density at radius 1 is 1.53 bits per heavy atom. The Kier molecular flexibility index (Phi) is 3.74. The maximum absolute atomic E-state index is 12.2. The molecule has 1 aliphatic rings. The maximum Gasteiger partial charge on any atom is 0.272 e. The SMILES string of the molecule is Cc1cccnc1C(=O)N1CCC(CN)CC1. The number of rotatable bonds is 2.